The summed E-state index contributed by atoms with van der Waals surface area (Å²) in [6, 6.07) is 0. The van der Waals surface area contributed by atoms with Crippen LogP contribution in [-0.2, 0) is 0 Å². The molecule has 0 bridgehead atoms. The van der Waals surface area contributed by atoms with Crippen LogP contribution in [0.2, 0.25) is 0 Å². The molecular weight excluding hydrogens is 183 g/mol. The van der Waals surface area contributed by atoms with Crippen LogP contribution in [0.4, 0.5) is 0 Å². The van der Waals surface area contributed by atoms with Crippen molar-refractivity contribution in [3.63, 3.8) is 0 Å². The van der Waals surface area contributed by atoms with E-state index in [1.807, 2.05) is 23.5 Å². The molecule has 0 atom stereocenters. The minimum atomic E-state index is -0.634. The smallest absolute Gasteiger partial charge is 0.0267 e. The van der Waals surface area contributed by atoms with E-state index < -0.39 is 8.15 Å². The predicted octanol–water partition coefficient (Wildman–Crippen LogP) is 2.10. The summed E-state index contributed by atoms with van der Waals surface area (Å²) in [7, 11) is -0.634. The first-order valence-electron chi connectivity index (χ1n) is 3.23. The molecule has 0 fully saturated rings. The molecule has 0 aromatic carbocycles. The van der Waals surface area contributed by atoms with Crippen molar-refractivity contribution < 1.29 is 4.89 Å². The largest absolute Gasteiger partial charge is 0.374 e. The van der Waals surface area contributed by atoms with Crippen LogP contribution >= 0.6 is 31.7 Å². The van der Waals surface area contributed by atoms with Gasteiger partial charge in [0.1, 0.15) is 0 Å². The first-order chi connectivity index (χ1) is 4.81. The Bertz CT molecular complexity index is 64.8. The van der Waals surface area contributed by atoms with Gasteiger partial charge in [0.2, 0.25) is 0 Å². The summed E-state index contributed by atoms with van der Waals surface area (Å²) in [5.41, 5.74) is 0. The third-order valence-electron chi connectivity index (χ3n) is 1.11. The molecular formula is C6H15OPS2. The number of hydrogen-bond donors (Lipinski definition) is 1. The summed E-state index contributed by atoms with van der Waals surface area (Å²) in [6.45, 7) is 0. The van der Waals surface area contributed by atoms with E-state index in [1.54, 1.807) is 0 Å². The van der Waals surface area contributed by atoms with Crippen molar-refractivity contribution in [1.82, 2.24) is 0 Å². The van der Waals surface area contributed by atoms with E-state index in [4.69, 9.17) is 0 Å². The summed E-state index contributed by atoms with van der Waals surface area (Å²) >= 11 is 3.63. The van der Waals surface area contributed by atoms with Gasteiger partial charge < -0.3 is 4.89 Å². The maximum atomic E-state index is 9.35. The maximum absolute atomic E-state index is 9.35. The molecule has 62 valence electrons. The van der Waals surface area contributed by atoms with Crippen molar-refractivity contribution in [2.24, 2.45) is 0 Å². The zero-order valence-corrected chi connectivity index (χ0v) is 9.07. The fourth-order valence-corrected chi connectivity index (χ4v) is 3.88. The van der Waals surface area contributed by atoms with Gasteiger partial charge in [-0.2, -0.15) is 23.5 Å². The van der Waals surface area contributed by atoms with Crippen LogP contribution in [0.3, 0.4) is 0 Å². The molecule has 0 saturated heterocycles. The molecule has 0 aliphatic carbocycles. The molecule has 0 aromatic heterocycles. The highest BCUT2D eigenvalue weighted by molar-refractivity contribution is 7.99. The number of thioether (sulfide) groups is 2. The lowest BCUT2D eigenvalue weighted by Gasteiger charge is -2.07. The van der Waals surface area contributed by atoms with Gasteiger partial charge in [-0.3, -0.25) is 0 Å². The van der Waals surface area contributed by atoms with Crippen molar-refractivity contribution in [1.29, 1.82) is 0 Å². The number of rotatable bonds is 6. The van der Waals surface area contributed by atoms with Crippen LogP contribution in [0.1, 0.15) is 0 Å². The van der Waals surface area contributed by atoms with E-state index in [-0.39, 0.29) is 0 Å². The summed E-state index contributed by atoms with van der Waals surface area (Å²) in [6.07, 6.45) is 6.18. The molecule has 0 spiro atoms. The molecule has 0 heterocycles. The Labute approximate surface area is 73.2 Å². The Morgan fingerprint density at radius 3 is 1.80 bits per heavy atom. The fraction of sp³-hybridized carbons (Fsp3) is 1.00. The standard InChI is InChI=1S/C6H15OPS2/c1-9-5-3-8(7)4-6-10-2/h7H,3-6H2,1-2H3. The third kappa shape index (κ3) is 7.20. The molecule has 0 aliphatic heterocycles. The SMILES string of the molecule is CSCCP(O)CCSC. The highest BCUT2D eigenvalue weighted by atomic mass is 32.2. The quantitative estimate of drug-likeness (QED) is 0.660. The first kappa shape index (κ1) is 11.1. The molecule has 0 aromatic rings. The summed E-state index contributed by atoms with van der Waals surface area (Å²) in [5.74, 6) is 2.22. The van der Waals surface area contributed by atoms with E-state index in [1.165, 1.54) is 0 Å². The van der Waals surface area contributed by atoms with Crippen LogP contribution in [0.5, 0.6) is 0 Å². The van der Waals surface area contributed by atoms with Gasteiger partial charge in [0.05, 0.1) is 0 Å². The summed E-state index contributed by atoms with van der Waals surface area (Å²) < 4.78 is 0. The van der Waals surface area contributed by atoms with Crippen LogP contribution < -0.4 is 0 Å². The lowest BCUT2D eigenvalue weighted by molar-refractivity contribution is 0.626. The minimum absolute atomic E-state index is 0.634. The Hall–Kier alpha value is 1.09. The molecule has 0 radical (unpaired) electrons. The van der Waals surface area contributed by atoms with Gasteiger partial charge in [0.15, 0.2) is 0 Å². The lowest BCUT2D eigenvalue weighted by atomic mass is 10.9. The predicted molar refractivity (Wildman–Crippen MR) is 55.6 cm³/mol. The van der Waals surface area contributed by atoms with Gasteiger partial charge in [-0.25, -0.2) is 0 Å². The van der Waals surface area contributed by atoms with Crippen LogP contribution in [0.15, 0.2) is 0 Å². The van der Waals surface area contributed by atoms with Crippen molar-refractivity contribution >= 4 is 31.7 Å². The Kier molecular flexibility index (Phi) is 9.08. The van der Waals surface area contributed by atoms with Crippen LogP contribution in [0, 0.1) is 0 Å². The van der Waals surface area contributed by atoms with Crippen molar-refractivity contribution in [2.45, 2.75) is 0 Å². The summed E-state index contributed by atoms with van der Waals surface area (Å²) in [4.78, 5) is 9.35. The van der Waals surface area contributed by atoms with Crippen LogP contribution in [0.25, 0.3) is 0 Å². The Morgan fingerprint density at radius 1 is 1.10 bits per heavy atom. The number of hydrogen-bond acceptors (Lipinski definition) is 3. The van der Waals surface area contributed by atoms with Crippen molar-refractivity contribution in [3.8, 4) is 0 Å². The molecule has 1 nitrogen and oxygen atoms in total. The minimum Gasteiger partial charge on any atom is -0.374 e. The normalized spacial score (nSPS) is 10.8. The molecule has 1 N–H and O–H groups in total. The molecule has 0 amide bonds. The maximum Gasteiger partial charge on any atom is 0.0267 e. The third-order valence-corrected chi connectivity index (χ3v) is 4.42. The van der Waals surface area contributed by atoms with E-state index in [2.05, 4.69) is 12.5 Å². The molecule has 0 rings (SSSR count). The first-order valence-corrected chi connectivity index (χ1v) is 7.68. The van der Waals surface area contributed by atoms with E-state index in [0.29, 0.717) is 0 Å². The van der Waals surface area contributed by atoms with Gasteiger partial charge in [0, 0.05) is 20.5 Å². The topological polar surface area (TPSA) is 20.2 Å². The van der Waals surface area contributed by atoms with Gasteiger partial charge >= 0.3 is 0 Å². The second-order valence-electron chi connectivity index (χ2n) is 1.94. The second kappa shape index (κ2) is 8.19. The second-order valence-corrected chi connectivity index (χ2v) is 5.82. The van der Waals surface area contributed by atoms with Gasteiger partial charge in [-0.15, -0.1) is 0 Å². The molecule has 4 heteroatoms. The Balaban J connectivity index is 3.00. The fourth-order valence-electron chi connectivity index (χ4n) is 0.505. The highest BCUT2D eigenvalue weighted by Gasteiger charge is 2.01. The van der Waals surface area contributed by atoms with Crippen LogP contribution in [-0.4, -0.2) is 41.2 Å². The molecule has 0 unspecified atom stereocenters. The van der Waals surface area contributed by atoms with E-state index in [9.17, 15) is 4.89 Å². The van der Waals surface area contributed by atoms with Crippen molar-refractivity contribution in [3.05, 3.63) is 0 Å². The average Bonchev–Trinajstić information content (AvgIpc) is 1.97. The van der Waals surface area contributed by atoms with Crippen molar-refractivity contribution in [2.75, 3.05) is 36.3 Å². The molecule has 0 saturated carbocycles. The van der Waals surface area contributed by atoms with E-state index in [0.717, 1.165) is 23.8 Å². The highest BCUT2D eigenvalue weighted by Crippen LogP contribution is 2.30. The van der Waals surface area contributed by atoms with Gasteiger partial charge in [0.25, 0.3) is 0 Å². The zero-order chi connectivity index (χ0) is 7.82. The van der Waals surface area contributed by atoms with Gasteiger partial charge in [-0.05, 0) is 24.0 Å². The van der Waals surface area contributed by atoms with Gasteiger partial charge in [-0.1, -0.05) is 0 Å². The molecule has 10 heavy (non-hydrogen) atoms. The zero-order valence-electron chi connectivity index (χ0n) is 6.54. The molecule has 0 aliphatic rings. The Morgan fingerprint density at radius 2 is 1.50 bits per heavy atom. The lowest BCUT2D eigenvalue weighted by Crippen LogP contribution is -1.93. The average molecular weight is 198 g/mol. The van der Waals surface area contributed by atoms with E-state index >= 15 is 0 Å². The monoisotopic (exact) mass is 198 g/mol. The summed E-state index contributed by atoms with van der Waals surface area (Å²) in [5, 5.41) is 0.